The van der Waals surface area contributed by atoms with Crippen LogP contribution < -0.4 is 5.73 Å². The maximum Gasteiger partial charge on any atom is 0.249 e. The van der Waals surface area contributed by atoms with Crippen molar-refractivity contribution in [2.45, 2.75) is 13.8 Å². The van der Waals surface area contributed by atoms with Gasteiger partial charge in [-0.25, -0.2) is 0 Å². The molecule has 0 radical (unpaired) electrons. The third kappa shape index (κ3) is 1.09. The monoisotopic (exact) mass is 189 g/mol. The molecule has 0 aliphatic carbocycles. The number of furan rings is 1. The van der Waals surface area contributed by atoms with Gasteiger partial charge in [0.1, 0.15) is 11.3 Å². The summed E-state index contributed by atoms with van der Waals surface area (Å²) in [5.41, 5.74) is 7.50. The molecule has 0 saturated heterocycles. The lowest BCUT2D eigenvalue weighted by molar-refractivity contribution is 0.100. The highest BCUT2D eigenvalue weighted by Gasteiger charge is 2.13. The number of fused-ring (bicyclic) bond motifs is 1. The molecule has 2 aromatic rings. The summed E-state index contributed by atoms with van der Waals surface area (Å²) in [6.07, 6.45) is 0. The maximum atomic E-state index is 11.2. The van der Waals surface area contributed by atoms with Crippen molar-refractivity contribution in [1.29, 1.82) is 0 Å². The topological polar surface area (TPSA) is 56.2 Å². The van der Waals surface area contributed by atoms with E-state index in [-0.39, 0.29) is 0 Å². The van der Waals surface area contributed by atoms with Gasteiger partial charge < -0.3 is 10.2 Å². The second-order valence-electron chi connectivity index (χ2n) is 3.33. The zero-order chi connectivity index (χ0) is 10.3. The molecular formula is C11H11NO2. The van der Waals surface area contributed by atoms with Crippen LogP contribution in [0.15, 0.2) is 22.6 Å². The zero-order valence-corrected chi connectivity index (χ0v) is 8.13. The lowest BCUT2D eigenvalue weighted by Gasteiger charge is -1.97. The van der Waals surface area contributed by atoms with Crippen LogP contribution in [0.2, 0.25) is 0 Å². The number of primary amides is 1. The second kappa shape index (κ2) is 2.87. The van der Waals surface area contributed by atoms with Crippen LogP contribution in [0.3, 0.4) is 0 Å². The number of nitrogens with two attached hydrogens (primary N) is 1. The fraction of sp³-hybridized carbons (Fsp3) is 0.182. The molecule has 1 amide bonds. The van der Waals surface area contributed by atoms with Crippen LogP contribution in [0.25, 0.3) is 11.0 Å². The first-order chi connectivity index (χ1) is 6.61. The number of benzene rings is 1. The molecule has 2 rings (SSSR count). The molecule has 14 heavy (non-hydrogen) atoms. The second-order valence-corrected chi connectivity index (χ2v) is 3.33. The predicted molar refractivity (Wildman–Crippen MR) is 54.2 cm³/mol. The summed E-state index contributed by atoms with van der Waals surface area (Å²) in [5, 5.41) is 0.831. The Hall–Kier alpha value is -1.77. The van der Waals surface area contributed by atoms with Crippen molar-refractivity contribution in [2.24, 2.45) is 5.73 Å². The summed E-state index contributed by atoms with van der Waals surface area (Å²) in [5.74, 6) is 0.410. The van der Waals surface area contributed by atoms with Crippen molar-refractivity contribution < 1.29 is 9.21 Å². The van der Waals surface area contributed by atoms with E-state index in [1.54, 1.807) is 12.1 Å². The van der Waals surface area contributed by atoms with Crippen molar-refractivity contribution in [1.82, 2.24) is 0 Å². The Kier molecular flexibility index (Phi) is 1.81. The molecule has 0 spiro atoms. The molecule has 0 saturated carbocycles. The number of carbonyl (C=O) groups excluding carboxylic acids is 1. The Morgan fingerprint density at radius 2 is 2.07 bits per heavy atom. The highest BCUT2D eigenvalue weighted by Crippen LogP contribution is 2.27. The maximum absolute atomic E-state index is 11.2. The van der Waals surface area contributed by atoms with Gasteiger partial charge in [-0.15, -0.1) is 0 Å². The summed E-state index contributed by atoms with van der Waals surface area (Å²) in [6.45, 7) is 3.80. The minimum atomic E-state index is -0.417. The van der Waals surface area contributed by atoms with Crippen LogP contribution in [0.5, 0.6) is 0 Å². The summed E-state index contributed by atoms with van der Waals surface area (Å²) < 4.78 is 5.48. The van der Waals surface area contributed by atoms with Crippen molar-refractivity contribution >= 4 is 16.9 Å². The molecule has 72 valence electrons. The van der Waals surface area contributed by atoms with Crippen LogP contribution in [0.4, 0.5) is 0 Å². The van der Waals surface area contributed by atoms with Gasteiger partial charge in [-0.2, -0.15) is 0 Å². The Morgan fingerprint density at radius 3 is 2.71 bits per heavy atom. The van der Waals surface area contributed by atoms with E-state index < -0.39 is 5.91 Å². The average molecular weight is 189 g/mol. The fourth-order valence-corrected chi connectivity index (χ4v) is 1.63. The molecule has 0 aliphatic rings. The third-order valence-electron chi connectivity index (χ3n) is 2.46. The van der Waals surface area contributed by atoms with E-state index in [0.29, 0.717) is 5.56 Å². The largest absolute Gasteiger partial charge is 0.461 e. The van der Waals surface area contributed by atoms with E-state index in [1.807, 2.05) is 19.9 Å². The minimum absolute atomic E-state index is 0.417. The molecule has 3 heteroatoms. The minimum Gasteiger partial charge on any atom is -0.461 e. The van der Waals surface area contributed by atoms with Gasteiger partial charge in [0.15, 0.2) is 0 Å². The molecule has 0 unspecified atom stereocenters. The predicted octanol–water partition coefficient (Wildman–Crippen LogP) is 2.15. The highest BCUT2D eigenvalue weighted by molar-refractivity contribution is 6.06. The number of rotatable bonds is 1. The van der Waals surface area contributed by atoms with Gasteiger partial charge >= 0.3 is 0 Å². The van der Waals surface area contributed by atoms with Crippen LogP contribution in [-0.4, -0.2) is 5.91 Å². The van der Waals surface area contributed by atoms with Crippen molar-refractivity contribution in [2.75, 3.05) is 0 Å². The van der Waals surface area contributed by atoms with E-state index in [4.69, 9.17) is 10.2 Å². The summed E-state index contributed by atoms with van der Waals surface area (Å²) in [4.78, 5) is 11.2. The average Bonchev–Trinajstić information content (AvgIpc) is 2.43. The quantitative estimate of drug-likeness (QED) is 0.747. The molecular weight excluding hydrogens is 178 g/mol. The molecule has 0 bridgehead atoms. The van der Waals surface area contributed by atoms with Gasteiger partial charge in [-0.1, -0.05) is 6.07 Å². The van der Waals surface area contributed by atoms with Crippen molar-refractivity contribution in [3.05, 3.63) is 35.1 Å². The standard InChI is InChI=1S/C11H11NO2/c1-6-7(2)14-9-5-3-4-8(10(6)9)11(12)13/h3-5H,1-2H3,(H2,12,13). The van der Waals surface area contributed by atoms with Gasteiger partial charge in [0.2, 0.25) is 5.91 Å². The first-order valence-corrected chi connectivity index (χ1v) is 4.40. The van der Waals surface area contributed by atoms with Gasteiger partial charge in [0.05, 0.1) is 5.56 Å². The Labute approximate surface area is 81.5 Å². The van der Waals surface area contributed by atoms with E-state index in [0.717, 1.165) is 22.3 Å². The van der Waals surface area contributed by atoms with Gasteiger partial charge in [0, 0.05) is 5.39 Å². The molecule has 2 N–H and O–H groups in total. The van der Waals surface area contributed by atoms with Crippen LogP contribution >= 0.6 is 0 Å². The summed E-state index contributed by atoms with van der Waals surface area (Å²) in [6, 6.07) is 5.32. The van der Waals surface area contributed by atoms with Crippen molar-refractivity contribution in [3.8, 4) is 0 Å². The Bertz CT molecular complexity index is 511. The lowest BCUT2D eigenvalue weighted by Crippen LogP contribution is -2.11. The number of aryl methyl sites for hydroxylation is 2. The number of hydrogen-bond acceptors (Lipinski definition) is 2. The summed E-state index contributed by atoms with van der Waals surface area (Å²) in [7, 11) is 0. The Balaban J connectivity index is 2.91. The molecule has 0 fully saturated rings. The molecule has 0 aliphatic heterocycles. The third-order valence-corrected chi connectivity index (χ3v) is 2.46. The normalized spacial score (nSPS) is 10.7. The van der Waals surface area contributed by atoms with E-state index in [2.05, 4.69) is 0 Å². The van der Waals surface area contributed by atoms with Gasteiger partial charge in [-0.3, -0.25) is 4.79 Å². The molecule has 0 atom stereocenters. The molecule has 1 aromatic carbocycles. The highest BCUT2D eigenvalue weighted by atomic mass is 16.3. The van der Waals surface area contributed by atoms with Gasteiger partial charge in [-0.05, 0) is 31.5 Å². The van der Waals surface area contributed by atoms with E-state index in [9.17, 15) is 4.79 Å². The zero-order valence-electron chi connectivity index (χ0n) is 8.13. The first kappa shape index (κ1) is 8.81. The number of hydrogen-bond donors (Lipinski definition) is 1. The number of amides is 1. The van der Waals surface area contributed by atoms with E-state index in [1.165, 1.54) is 0 Å². The van der Waals surface area contributed by atoms with Crippen molar-refractivity contribution in [3.63, 3.8) is 0 Å². The van der Waals surface area contributed by atoms with E-state index >= 15 is 0 Å². The first-order valence-electron chi connectivity index (χ1n) is 4.40. The van der Waals surface area contributed by atoms with Crippen LogP contribution in [0, 0.1) is 13.8 Å². The molecule has 1 heterocycles. The molecule has 3 nitrogen and oxygen atoms in total. The number of carbonyl (C=O) groups is 1. The lowest BCUT2D eigenvalue weighted by atomic mass is 10.1. The fourth-order valence-electron chi connectivity index (χ4n) is 1.63. The summed E-state index contributed by atoms with van der Waals surface area (Å²) >= 11 is 0. The Morgan fingerprint density at radius 1 is 1.36 bits per heavy atom. The molecule has 1 aromatic heterocycles. The van der Waals surface area contributed by atoms with Crippen LogP contribution in [-0.2, 0) is 0 Å². The van der Waals surface area contributed by atoms with Gasteiger partial charge in [0.25, 0.3) is 0 Å². The smallest absolute Gasteiger partial charge is 0.249 e. The SMILES string of the molecule is Cc1oc2cccc(C(N)=O)c2c1C. The van der Waals surface area contributed by atoms with Crippen LogP contribution in [0.1, 0.15) is 21.7 Å².